The number of halogens is 1. The van der Waals surface area contributed by atoms with E-state index in [4.69, 9.17) is 16.3 Å². The van der Waals surface area contributed by atoms with Gasteiger partial charge in [-0.25, -0.2) is 0 Å². The van der Waals surface area contributed by atoms with Crippen LogP contribution in [0.5, 0.6) is 5.75 Å². The third-order valence-electron chi connectivity index (χ3n) is 3.52. The third kappa shape index (κ3) is 2.59. The Balaban J connectivity index is 2.10. The summed E-state index contributed by atoms with van der Waals surface area (Å²) in [4.78, 5) is 4.48. The van der Waals surface area contributed by atoms with Crippen molar-refractivity contribution in [1.82, 2.24) is 4.98 Å². The minimum absolute atomic E-state index is 0.471. The topological polar surface area (TPSA) is 22.1 Å². The molecule has 0 aliphatic heterocycles. The maximum Gasteiger partial charge on any atom is 0.119 e. The summed E-state index contributed by atoms with van der Waals surface area (Å²) in [6.45, 7) is 0. The fourth-order valence-corrected chi connectivity index (χ4v) is 2.55. The molecule has 0 spiro atoms. The van der Waals surface area contributed by atoms with E-state index in [1.165, 1.54) is 18.4 Å². The summed E-state index contributed by atoms with van der Waals surface area (Å²) in [5.74, 6) is 2.06. The van der Waals surface area contributed by atoms with Gasteiger partial charge in [-0.2, -0.15) is 0 Å². The van der Waals surface area contributed by atoms with E-state index < -0.39 is 0 Å². The van der Waals surface area contributed by atoms with Crippen LogP contribution >= 0.6 is 11.6 Å². The first-order chi connectivity index (χ1) is 9.31. The maximum atomic E-state index is 6.00. The molecule has 2 aromatic rings. The number of nitrogens with zero attached hydrogens (tertiary/aromatic N) is 1. The van der Waals surface area contributed by atoms with E-state index >= 15 is 0 Å². The second-order valence-electron chi connectivity index (χ2n) is 4.91. The summed E-state index contributed by atoms with van der Waals surface area (Å²) >= 11 is 6.00. The molecule has 0 bridgehead atoms. The number of alkyl halides is 1. The monoisotopic (exact) mass is 273 g/mol. The summed E-state index contributed by atoms with van der Waals surface area (Å²) in [7, 11) is 1.71. The molecule has 0 saturated heterocycles. The number of ether oxygens (including phenoxy) is 1. The van der Waals surface area contributed by atoms with Gasteiger partial charge in [-0.05, 0) is 54.2 Å². The molecule has 2 nitrogen and oxygen atoms in total. The lowest BCUT2D eigenvalue weighted by atomic mass is 10.0. The molecule has 0 atom stereocenters. The molecule has 0 amide bonds. The quantitative estimate of drug-likeness (QED) is 0.772. The number of benzene rings is 1. The Morgan fingerprint density at radius 1 is 1.32 bits per heavy atom. The van der Waals surface area contributed by atoms with Crippen LogP contribution in [-0.4, -0.2) is 12.1 Å². The number of hydrogen-bond donors (Lipinski definition) is 0. The summed E-state index contributed by atoms with van der Waals surface area (Å²) in [6.07, 6.45) is 4.36. The lowest BCUT2D eigenvalue weighted by molar-refractivity contribution is 0.414. The van der Waals surface area contributed by atoms with Gasteiger partial charge >= 0.3 is 0 Å². The van der Waals surface area contributed by atoms with Gasteiger partial charge in [0.15, 0.2) is 0 Å². The zero-order valence-electron chi connectivity index (χ0n) is 10.9. The zero-order chi connectivity index (χ0) is 13.2. The van der Waals surface area contributed by atoms with Crippen molar-refractivity contribution in [3.8, 4) is 17.0 Å². The van der Waals surface area contributed by atoms with Gasteiger partial charge in [-0.15, -0.1) is 11.6 Å². The Labute approximate surface area is 118 Å². The molecule has 1 aromatic carbocycles. The smallest absolute Gasteiger partial charge is 0.119 e. The van der Waals surface area contributed by atoms with Gasteiger partial charge in [0.1, 0.15) is 5.75 Å². The van der Waals surface area contributed by atoms with Crippen molar-refractivity contribution >= 4 is 11.6 Å². The Morgan fingerprint density at radius 3 is 2.84 bits per heavy atom. The number of aromatic nitrogens is 1. The number of pyridine rings is 1. The fourth-order valence-electron chi connectivity index (χ4n) is 2.34. The van der Waals surface area contributed by atoms with Crippen molar-refractivity contribution < 1.29 is 4.74 Å². The van der Waals surface area contributed by atoms with Gasteiger partial charge < -0.3 is 4.74 Å². The molecule has 3 rings (SSSR count). The van der Waals surface area contributed by atoms with Crippen molar-refractivity contribution in [2.45, 2.75) is 24.6 Å². The Bertz CT molecular complexity index is 593. The molecule has 19 heavy (non-hydrogen) atoms. The van der Waals surface area contributed by atoms with Crippen molar-refractivity contribution in [2.24, 2.45) is 0 Å². The number of hydrogen-bond acceptors (Lipinski definition) is 2. The predicted molar refractivity (Wildman–Crippen MR) is 77.8 cm³/mol. The summed E-state index contributed by atoms with van der Waals surface area (Å²) in [6, 6.07) is 10.3. The van der Waals surface area contributed by atoms with Crippen LogP contribution in [0.25, 0.3) is 11.3 Å². The molecule has 1 heterocycles. The maximum absolute atomic E-state index is 6.00. The number of rotatable bonds is 4. The van der Waals surface area contributed by atoms with Gasteiger partial charge in [0.05, 0.1) is 12.8 Å². The minimum Gasteiger partial charge on any atom is -0.497 e. The Hall–Kier alpha value is -1.54. The average Bonchev–Trinajstić information content (AvgIpc) is 3.31. The highest BCUT2D eigenvalue weighted by Crippen LogP contribution is 2.42. The summed E-state index contributed by atoms with van der Waals surface area (Å²) in [5, 5.41) is 0. The molecule has 0 radical (unpaired) electrons. The lowest BCUT2D eigenvalue weighted by Gasteiger charge is -2.10. The zero-order valence-corrected chi connectivity index (χ0v) is 11.7. The fraction of sp³-hybridized carbons (Fsp3) is 0.312. The SMILES string of the molecule is COc1cc(-c2ncccc2CCl)cc(C2CC2)c1. The van der Waals surface area contributed by atoms with Crippen LogP contribution in [0.3, 0.4) is 0 Å². The van der Waals surface area contributed by atoms with Crippen molar-refractivity contribution in [1.29, 1.82) is 0 Å². The van der Waals surface area contributed by atoms with Crippen LogP contribution in [0.1, 0.15) is 29.9 Å². The van der Waals surface area contributed by atoms with Crippen LogP contribution in [0.2, 0.25) is 0 Å². The van der Waals surface area contributed by atoms with Crippen molar-refractivity contribution in [2.75, 3.05) is 7.11 Å². The second-order valence-corrected chi connectivity index (χ2v) is 5.18. The number of methoxy groups -OCH3 is 1. The second kappa shape index (κ2) is 5.22. The minimum atomic E-state index is 0.471. The van der Waals surface area contributed by atoms with E-state index in [0.29, 0.717) is 11.8 Å². The van der Waals surface area contributed by atoms with E-state index in [0.717, 1.165) is 22.6 Å². The lowest BCUT2D eigenvalue weighted by Crippen LogP contribution is -1.93. The largest absolute Gasteiger partial charge is 0.497 e. The van der Waals surface area contributed by atoms with Crippen molar-refractivity contribution in [3.05, 3.63) is 47.7 Å². The van der Waals surface area contributed by atoms with Crippen LogP contribution < -0.4 is 4.74 Å². The highest BCUT2D eigenvalue weighted by molar-refractivity contribution is 6.17. The molecule has 1 fully saturated rings. The molecule has 1 aliphatic carbocycles. The first-order valence-corrected chi connectivity index (χ1v) is 7.04. The summed E-state index contributed by atoms with van der Waals surface area (Å²) in [5.41, 5.74) is 4.45. The molecular formula is C16H16ClNO. The van der Waals surface area contributed by atoms with Crippen LogP contribution in [0.4, 0.5) is 0 Å². The van der Waals surface area contributed by atoms with E-state index in [2.05, 4.69) is 17.1 Å². The molecule has 0 N–H and O–H groups in total. The van der Waals surface area contributed by atoms with Gasteiger partial charge in [-0.3, -0.25) is 4.98 Å². The Morgan fingerprint density at radius 2 is 2.16 bits per heavy atom. The molecular weight excluding hydrogens is 258 g/mol. The molecule has 98 valence electrons. The highest BCUT2D eigenvalue weighted by Gasteiger charge is 2.24. The van der Waals surface area contributed by atoms with E-state index in [-0.39, 0.29) is 0 Å². The van der Waals surface area contributed by atoms with Gasteiger partial charge in [0.25, 0.3) is 0 Å². The predicted octanol–water partition coefficient (Wildman–Crippen LogP) is 4.37. The first-order valence-electron chi connectivity index (χ1n) is 6.51. The van der Waals surface area contributed by atoms with Gasteiger partial charge in [0, 0.05) is 17.6 Å². The van der Waals surface area contributed by atoms with Crippen LogP contribution in [0.15, 0.2) is 36.5 Å². The normalized spacial score (nSPS) is 14.4. The molecule has 1 aromatic heterocycles. The summed E-state index contributed by atoms with van der Waals surface area (Å²) < 4.78 is 5.41. The molecule has 0 unspecified atom stereocenters. The van der Waals surface area contributed by atoms with Gasteiger partial charge in [-0.1, -0.05) is 6.07 Å². The van der Waals surface area contributed by atoms with Gasteiger partial charge in [0.2, 0.25) is 0 Å². The molecule has 3 heteroatoms. The first kappa shape index (κ1) is 12.5. The molecule has 1 saturated carbocycles. The van der Waals surface area contributed by atoms with Crippen LogP contribution in [0, 0.1) is 0 Å². The standard InChI is InChI=1S/C16H16ClNO/c1-19-15-8-13(11-4-5-11)7-14(9-15)16-12(10-17)3-2-6-18-16/h2-3,6-9,11H,4-5,10H2,1H3. The average molecular weight is 274 g/mol. The highest BCUT2D eigenvalue weighted by atomic mass is 35.5. The van der Waals surface area contributed by atoms with Crippen molar-refractivity contribution in [3.63, 3.8) is 0 Å². The Kier molecular flexibility index (Phi) is 3.43. The third-order valence-corrected chi connectivity index (χ3v) is 3.81. The van der Waals surface area contributed by atoms with E-state index in [1.807, 2.05) is 24.4 Å². The molecule has 1 aliphatic rings. The van der Waals surface area contributed by atoms with Crippen LogP contribution in [-0.2, 0) is 5.88 Å². The van der Waals surface area contributed by atoms with E-state index in [1.54, 1.807) is 7.11 Å². The van der Waals surface area contributed by atoms with E-state index in [9.17, 15) is 0 Å².